The lowest BCUT2D eigenvalue weighted by Crippen LogP contribution is -2.36. The van der Waals surface area contributed by atoms with E-state index in [1.54, 1.807) is 6.07 Å². The molecule has 0 spiro atoms. The summed E-state index contributed by atoms with van der Waals surface area (Å²) in [6.07, 6.45) is -9.73. The number of nitrogens with zero attached hydrogens (tertiary/aromatic N) is 1. The highest BCUT2D eigenvalue weighted by Crippen LogP contribution is 2.37. The number of benzene rings is 3. The number of sulfonamides is 1. The van der Waals surface area contributed by atoms with Gasteiger partial charge >= 0.3 is 18.3 Å². The second-order valence-corrected chi connectivity index (χ2v) is 10.7. The van der Waals surface area contributed by atoms with Crippen LogP contribution in [0.3, 0.4) is 0 Å². The SMILES string of the molecule is O=C(COC(=O)c1cccc(S(=O)(=O)N2CCc3ccccc3C2)c1)Nc1cc(C(F)(F)F)cc(C(F)(F)F)c1. The highest BCUT2D eigenvalue weighted by atomic mass is 32.2. The van der Waals surface area contributed by atoms with Crippen molar-refractivity contribution in [2.45, 2.75) is 30.2 Å². The van der Waals surface area contributed by atoms with E-state index >= 15 is 0 Å². The summed E-state index contributed by atoms with van der Waals surface area (Å²) >= 11 is 0. The number of alkyl halides is 6. The van der Waals surface area contributed by atoms with Crippen LogP contribution < -0.4 is 5.32 Å². The number of ether oxygens (including phenoxy) is 1. The third-order valence-electron chi connectivity index (χ3n) is 6.01. The van der Waals surface area contributed by atoms with Crippen LogP contribution in [0.2, 0.25) is 0 Å². The Hall–Kier alpha value is -3.91. The smallest absolute Gasteiger partial charge is 0.416 e. The quantitative estimate of drug-likeness (QED) is 0.314. The Morgan fingerprint density at radius 3 is 2.10 bits per heavy atom. The van der Waals surface area contributed by atoms with Gasteiger partial charge in [0.15, 0.2) is 6.61 Å². The van der Waals surface area contributed by atoms with E-state index in [1.165, 1.54) is 22.5 Å². The lowest BCUT2D eigenvalue weighted by molar-refractivity contribution is -0.143. The fourth-order valence-corrected chi connectivity index (χ4v) is 5.51. The summed E-state index contributed by atoms with van der Waals surface area (Å²) in [4.78, 5) is 24.4. The van der Waals surface area contributed by atoms with Crippen molar-refractivity contribution in [2.24, 2.45) is 0 Å². The topological polar surface area (TPSA) is 92.8 Å². The summed E-state index contributed by atoms with van der Waals surface area (Å²) in [7, 11) is -4.00. The summed E-state index contributed by atoms with van der Waals surface area (Å²) in [6.45, 7) is -0.699. The van der Waals surface area contributed by atoms with Crippen molar-refractivity contribution in [1.82, 2.24) is 4.31 Å². The average molecular weight is 587 g/mol. The standard InChI is InChI=1S/C26H20F6N2O5S/c27-25(28,29)19-11-20(26(30,31)32)13-21(12-19)33-23(35)15-39-24(36)17-6-3-7-22(10-17)40(37,38)34-9-8-16-4-1-2-5-18(16)14-34/h1-7,10-13H,8-9,14-15H2,(H,33,35). The summed E-state index contributed by atoms with van der Waals surface area (Å²) in [6, 6.07) is 12.8. The van der Waals surface area contributed by atoms with Crippen LogP contribution in [0.25, 0.3) is 0 Å². The summed E-state index contributed by atoms with van der Waals surface area (Å²) in [5, 5.41) is 1.84. The second-order valence-electron chi connectivity index (χ2n) is 8.80. The molecule has 7 nitrogen and oxygen atoms in total. The van der Waals surface area contributed by atoms with Crippen molar-refractivity contribution < 1.29 is 49.1 Å². The van der Waals surface area contributed by atoms with Crippen LogP contribution in [0.15, 0.2) is 71.6 Å². The summed E-state index contributed by atoms with van der Waals surface area (Å²) in [5.41, 5.74) is -2.43. The number of hydrogen-bond donors (Lipinski definition) is 1. The summed E-state index contributed by atoms with van der Waals surface area (Å²) < 4.78 is 111. The maximum Gasteiger partial charge on any atom is 0.416 e. The normalized spacial score (nSPS) is 14.3. The first-order valence-electron chi connectivity index (χ1n) is 11.6. The van der Waals surface area contributed by atoms with Gasteiger partial charge in [-0.25, -0.2) is 13.2 Å². The Balaban J connectivity index is 1.43. The zero-order chi connectivity index (χ0) is 29.3. The largest absolute Gasteiger partial charge is 0.452 e. The van der Waals surface area contributed by atoms with Gasteiger partial charge in [0.1, 0.15) is 0 Å². The third-order valence-corrected chi connectivity index (χ3v) is 7.85. The van der Waals surface area contributed by atoms with Gasteiger partial charge in [0.25, 0.3) is 5.91 Å². The molecule has 40 heavy (non-hydrogen) atoms. The molecule has 212 valence electrons. The first-order chi connectivity index (χ1) is 18.6. The van der Waals surface area contributed by atoms with Crippen LogP contribution in [-0.2, 0) is 44.9 Å². The number of carbonyl (C=O) groups excluding carboxylic acids is 2. The molecule has 0 aromatic heterocycles. The van der Waals surface area contributed by atoms with Crippen LogP contribution in [0.5, 0.6) is 0 Å². The Morgan fingerprint density at radius 2 is 1.48 bits per heavy atom. The zero-order valence-electron chi connectivity index (χ0n) is 20.3. The molecule has 1 aliphatic rings. The molecule has 1 aliphatic heterocycles. The van der Waals surface area contributed by atoms with Gasteiger partial charge in [-0.15, -0.1) is 0 Å². The van der Waals surface area contributed by atoms with Crippen molar-refractivity contribution in [1.29, 1.82) is 0 Å². The maximum atomic E-state index is 13.2. The maximum absolute atomic E-state index is 13.2. The minimum absolute atomic E-state index is 0.0978. The number of amides is 1. The molecule has 0 saturated heterocycles. The number of nitrogens with one attached hydrogen (secondary N) is 1. The summed E-state index contributed by atoms with van der Waals surface area (Å²) in [5.74, 6) is -2.34. The molecule has 0 radical (unpaired) electrons. The molecule has 0 saturated carbocycles. The highest BCUT2D eigenvalue weighted by molar-refractivity contribution is 7.89. The minimum Gasteiger partial charge on any atom is -0.452 e. The van der Waals surface area contributed by atoms with Crippen LogP contribution in [0, 0.1) is 0 Å². The van der Waals surface area contributed by atoms with E-state index in [4.69, 9.17) is 4.74 Å². The Bertz CT molecular complexity index is 1520. The van der Waals surface area contributed by atoms with Crippen LogP contribution in [-0.4, -0.2) is 37.8 Å². The van der Waals surface area contributed by atoms with Gasteiger partial charge in [-0.2, -0.15) is 30.6 Å². The van der Waals surface area contributed by atoms with Crippen LogP contribution in [0.4, 0.5) is 32.0 Å². The van der Waals surface area contributed by atoms with Crippen molar-refractivity contribution in [3.8, 4) is 0 Å². The predicted octanol–water partition coefficient (Wildman–Crippen LogP) is 5.27. The van der Waals surface area contributed by atoms with Crippen LogP contribution in [0.1, 0.15) is 32.6 Å². The van der Waals surface area contributed by atoms with E-state index < -0.39 is 57.7 Å². The van der Waals surface area contributed by atoms with Gasteiger partial charge < -0.3 is 10.1 Å². The number of carbonyl (C=O) groups is 2. The van der Waals surface area contributed by atoms with Gasteiger partial charge in [0, 0.05) is 18.8 Å². The van der Waals surface area contributed by atoms with Crippen molar-refractivity contribution in [2.75, 3.05) is 18.5 Å². The van der Waals surface area contributed by atoms with Gasteiger partial charge in [0.2, 0.25) is 10.0 Å². The highest BCUT2D eigenvalue weighted by Gasteiger charge is 2.37. The number of halogens is 6. The monoisotopic (exact) mass is 586 g/mol. The molecule has 0 unspecified atom stereocenters. The van der Waals surface area contributed by atoms with Crippen LogP contribution >= 0.6 is 0 Å². The molecule has 4 rings (SSSR count). The lowest BCUT2D eigenvalue weighted by Gasteiger charge is -2.28. The van der Waals surface area contributed by atoms with Crippen molar-refractivity contribution in [3.63, 3.8) is 0 Å². The number of anilines is 1. The molecule has 3 aromatic carbocycles. The zero-order valence-corrected chi connectivity index (χ0v) is 21.2. The average Bonchev–Trinajstić information content (AvgIpc) is 2.90. The number of hydrogen-bond acceptors (Lipinski definition) is 5. The third kappa shape index (κ3) is 6.62. The van der Waals surface area contributed by atoms with E-state index in [0.29, 0.717) is 18.6 Å². The lowest BCUT2D eigenvalue weighted by atomic mass is 10.0. The first-order valence-corrected chi connectivity index (χ1v) is 13.0. The molecule has 14 heteroatoms. The molecule has 1 amide bonds. The van der Waals surface area contributed by atoms with Gasteiger partial charge in [-0.3, -0.25) is 4.79 Å². The molecule has 0 bridgehead atoms. The van der Waals surface area contributed by atoms with Gasteiger partial charge in [-0.1, -0.05) is 30.3 Å². The van der Waals surface area contributed by atoms with Gasteiger partial charge in [-0.05, 0) is 53.9 Å². The Kier molecular flexibility index (Phi) is 7.94. The molecule has 1 heterocycles. The number of fused-ring (bicyclic) bond motifs is 1. The predicted molar refractivity (Wildman–Crippen MR) is 130 cm³/mol. The first kappa shape index (κ1) is 29.1. The second kappa shape index (κ2) is 10.9. The fraction of sp³-hybridized carbons (Fsp3) is 0.231. The van der Waals surface area contributed by atoms with E-state index in [0.717, 1.165) is 17.2 Å². The van der Waals surface area contributed by atoms with E-state index in [9.17, 15) is 44.3 Å². The Labute approximate surface area is 224 Å². The van der Waals surface area contributed by atoms with E-state index in [-0.39, 0.29) is 29.6 Å². The van der Waals surface area contributed by atoms with Crippen molar-refractivity contribution in [3.05, 3.63) is 94.5 Å². The molecular weight excluding hydrogens is 566 g/mol. The minimum atomic E-state index is -5.11. The van der Waals surface area contributed by atoms with Gasteiger partial charge in [0.05, 0.1) is 21.6 Å². The molecule has 0 aliphatic carbocycles. The molecule has 0 atom stereocenters. The van der Waals surface area contributed by atoms with Crippen molar-refractivity contribution >= 4 is 27.6 Å². The van der Waals surface area contributed by atoms with E-state index in [2.05, 4.69) is 0 Å². The Morgan fingerprint density at radius 1 is 0.850 bits per heavy atom. The molecule has 1 N–H and O–H groups in total. The van der Waals surface area contributed by atoms with E-state index in [1.807, 2.05) is 23.5 Å². The molecule has 3 aromatic rings. The molecule has 0 fully saturated rings. The number of esters is 1. The molecular formula is C26H20F6N2O5S. The fourth-order valence-electron chi connectivity index (χ4n) is 4.05. The number of rotatable bonds is 6.